The summed E-state index contributed by atoms with van der Waals surface area (Å²) < 4.78 is 5.06. The van der Waals surface area contributed by atoms with E-state index in [4.69, 9.17) is 4.74 Å². The number of nitrogens with one attached hydrogen (secondary N) is 2. The fraction of sp³-hybridized carbons (Fsp3) is 0.125. The second-order valence-corrected chi connectivity index (χ2v) is 4.16. The Hall–Kier alpha value is -2.82. The van der Waals surface area contributed by atoms with Crippen LogP contribution in [-0.2, 0) is 9.53 Å². The molecule has 2 aromatic rings. The third-order valence-corrected chi connectivity index (χ3v) is 2.67. The Balaban J connectivity index is 2.11. The summed E-state index contributed by atoms with van der Waals surface area (Å²) in [5.41, 5.74) is 7.88. The molecule has 2 rings (SSSR count). The maximum Gasteiger partial charge on any atom is 0.340 e. The standard InChI is InChI=1S/C16H17N3O2/c1-2-21-16(20)15(13-7-6-10-17-11-13)12-18-19-14-8-4-3-5-9-14/h3-12,18-19H,2H2,1H3/b15-12-. The molecule has 0 saturated carbocycles. The zero-order valence-electron chi connectivity index (χ0n) is 11.7. The Morgan fingerprint density at radius 3 is 2.71 bits per heavy atom. The van der Waals surface area contributed by atoms with Crippen molar-refractivity contribution in [2.45, 2.75) is 6.92 Å². The van der Waals surface area contributed by atoms with E-state index >= 15 is 0 Å². The summed E-state index contributed by atoms with van der Waals surface area (Å²) in [4.78, 5) is 16.0. The van der Waals surface area contributed by atoms with Crippen LogP contribution in [0.4, 0.5) is 5.69 Å². The van der Waals surface area contributed by atoms with Crippen LogP contribution in [0.1, 0.15) is 12.5 Å². The number of anilines is 1. The summed E-state index contributed by atoms with van der Waals surface area (Å²) in [5, 5.41) is 0. The first-order valence-electron chi connectivity index (χ1n) is 6.65. The molecule has 1 heterocycles. The van der Waals surface area contributed by atoms with Crippen LogP contribution in [0.25, 0.3) is 5.57 Å². The molecule has 0 aliphatic heterocycles. The Morgan fingerprint density at radius 1 is 1.24 bits per heavy atom. The van der Waals surface area contributed by atoms with Crippen molar-refractivity contribution in [1.29, 1.82) is 0 Å². The molecule has 0 unspecified atom stereocenters. The van der Waals surface area contributed by atoms with Crippen LogP contribution in [0.15, 0.2) is 61.1 Å². The lowest BCUT2D eigenvalue weighted by atomic mass is 10.1. The second-order valence-electron chi connectivity index (χ2n) is 4.16. The first-order chi connectivity index (χ1) is 10.3. The molecular weight excluding hydrogens is 266 g/mol. The van der Waals surface area contributed by atoms with Gasteiger partial charge in [-0.1, -0.05) is 24.3 Å². The summed E-state index contributed by atoms with van der Waals surface area (Å²) in [7, 11) is 0. The van der Waals surface area contributed by atoms with Gasteiger partial charge in [-0.2, -0.15) is 0 Å². The van der Waals surface area contributed by atoms with Crippen molar-refractivity contribution < 1.29 is 9.53 Å². The SMILES string of the molecule is CCOC(=O)/C(=C\NNc1ccccc1)c1cccnc1. The molecule has 0 aliphatic rings. The number of nitrogens with zero attached hydrogens (tertiary/aromatic N) is 1. The Morgan fingerprint density at radius 2 is 2.05 bits per heavy atom. The van der Waals surface area contributed by atoms with Crippen LogP contribution in [-0.4, -0.2) is 17.6 Å². The van der Waals surface area contributed by atoms with Gasteiger partial charge in [0.25, 0.3) is 0 Å². The minimum absolute atomic E-state index is 0.322. The summed E-state index contributed by atoms with van der Waals surface area (Å²) in [6.45, 7) is 2.09. The quantitative estimate of drug-likeness (QED) is 0.485. The van der Waals surface area contributed by atoms with Gasteiger partial charge < -0.3 is 15.6 Å². The predicted molar refractivity (Wildman–Crippen MR) is 82.0 cm³/mol. The highest BCUT2D eigenvalue weighted by atomic mass is 16.5. The first kappa shape index (κ1) is 14.6. The number of hydrazine groups is 1. The summed E-state index contributed by atoms with van der Waals surface area (Å²) >= 11 is 0. The molecular formula is C16H17N3O2. The van der Waals surface area contributed by atoms with Crippen molar-refractivity contribution in [3.63, 3.8) is 0 Å². The number of pyridine rings is 1. The lowest BCUT2D eigenvalue weighted by Crippen LogP contribution is -2.17. The van der Waals surface area contributed by atoms with Gasteiger partial charge in [-0.05, 0) is 25.1 Å². The maximum absolute atomic E-state index is 12.0. The predicted octanol–water partition coefficient (Wildman–Crippen LogP) is 2.60. The van der Waals surface area contributed by atoms with E-state index in [1.165, 1.54) is 0 Å². The summed E-state index contributed by atoms with van der Waals surface area (Å²) in [6, 6.07) is 13.2. The fourth-order valence-electron chi connectivity index (χ4n) is 1.70. The lowest BCUT2D eigenvalue weighted by molar-refractivity contribution is -0.136. The van der Waals surface area contributed by atoms with E-state index in [0.717, 1.165) is 5.69 Å². The third-order valence-electron chi connectivity index (χ3n) is 2.67. The molecule has 0 aliphatic carbocycles. The molecule has 0 saturated heterocycles. The van der Waals surface area contributed by atoms with Gasteiger partial charge in [0, 0.05) is 24.2 Å². The number of rotatable bonds is 6. The van der Waals surface area contributed by atoms with Crippen LogP contribution in [0.5, 0.6) is 0 Å². The monoisotopic (exact) mass is 283 g/mol. The normalized spacial score (nSPS) is 10.8. The zero-order valence-corrected chi connectivity index (χ0v) is 11.7. The summed E-state index contributed by atoms with van der Waals surface area (Å²) in [5.74, 6) is -0.395. The number of benzene rings is 1. The van der Waals surface area contributed by atoms with E-state index in [2.05, 4.69) is 15.8 Å². The number of carbonyl (C=O) groups excluding carboxylic acids is 1. The Labute approximate surface area is 123 Å². The molecule has 0 spiro atoms. The second kappa shape index (κ2) is 7.69. The van der Waals surface area contributed by atoms with Gasteiger partial charge in [0.2, 0.25) is 0 Å². The van der Waals surface area contributed by atoms with Gasteiger partial charge in [-0.15, -0.1) is 0 Å². The summed E-state index contributed by atoms with van der Waals surface area (Å²) in [6.07, 6.45) is 4.84. The van der Waals surface area contributed by atoms with Crippen LogP contribution < -0.4 is 10.9 Å². The van der Waals surface area contributed by atoms with E-state index in [1.807, 2.05) is 30.3 Å². The van der Waals surface area contributed by atoms with Gasteiger partial charge in [0.05, 0.1) is 17.9 Å². The molecule has 108 valence electrons. The Kier molecular flexibility index (Phi) is 5.34. The number of aromatic nitrogens is 1. The average molecular weight is 283 g/mol. The smallest absolute Gasteiger partial charge is 0.340 e. The van der Waals surface area contributed by atoms with Gasteiger partial charge in [-0.25, -0.2) is 4.79 Å². The maximum atomic E-state index is 12.0. The minimum Gasteiger partial charge on any atom is -0.462 e. The topological polar surface area (TPSA) is 63.2 Å². The van der Waals surface area contributed by atoms with Crippen molar-refractivity contribution in [1.82, 2.24) is 10.4 Å². The van der Waals surface area contributed by atoms with E-state index in [1.54, 1.807) is 37.7 Å². The van der Waals surface area contributed by atoms with Crippen LogP contribution in [0.3, 0.4) is 0 Å². The number of ether oxygens (including phenoxy) is 1. The van der Waals surface area contributed by atoms with Crippen LogP contribution in [0.2, 0.25) is 0 Å². The van der Waals surface area contributed by atoms with Crippen molar-refractivity contribution in [2.75, 3.05) is 12.0 Å². The van der Waals surface area contributed by atoms with Gasteiger partial charge in [0.1, 0.15) is 0 Å². The minimum atomic E-state index is -0.395. The number of hydrogen-bond donors (Lipinski definition) is 2. The van der Waals surface area contributed by atoms with Crippen molar-refractivity contribution >= 4 is 17.2 Å². The fourth-order valence-corrected chi connectivity index (χ4v) is 1.70. The molecule has 0 atom stereocenters. The van der Waals surface area contributed by atoms with Gasteiger partial charge in [-0.3, -0.25) is 4.98 Å². The highest BCUT2D eigenvalue weighted by Crippen LogP contribution is 2.14. The number of carbonyl (C=O) groups is 1. The van der Waals surface area contributed by atoms with Crippen molar-refractivity contribution in [3.05, 3.63) is 66.6 Å². The molecule has 0 amide bonds. The molecule has 0 radical (unpaired) electrons. The number of para-hydroxylation sites is 1. The highest BCUT2D eigenvalue weighted by Gasteiger charge is 2.12. The number of esters is 1. The van der Waals surface area contributed by atoms with E-state index < -0.39 is 5.97 Å². The largest absolute Gasteiger partial charge is 0.462 e. The van der Waals surface area contributed by atoms with E-state index in [9.17, 15) is 4.79 Å². The molecule has 0 bridgehead atoms. The number of hydrogen-bond acceptors (Lipinski definition) is 5. The van der Waals surface area contributed by atoms with Crippen molar-refractivity contribution in [2.24, 2.45) is 0 Å². The average Bonchev–Trinajstić information content (AvgIpc) is 2.53. The zero-order chi connectivity index (χ0) is 14.9. The first-order valence-corrected chi connectivity index (χ1v) is 6.65. The van der Waals surface area contributed by atoms with E-state index in [0.29, 0.717) is 17.7 Å². The molecule has 1 aromatic carbocycles. The highest BCUT2D eigenvalue weighted by molar-refractivity contribution is 6.16. The van der Waals surface area contributed by atoms with Crippen molar-refractivity contribution in [3.8, 4) is 0 Å². The molecule has 1 aromatic heterocycles. The molecule has 5 heteroatoms. The lowest BCUT2D eigenvalue weighted by Gasteiger charge is -2.09. The molecule has 21 heavy (non-hydrogen) atoms. The van der Waals surface area contributed by atoms with Crippen LogP contribution >= 0.6 is 0 Å². The van der Waals surface area contributed by atoms with Gasteiger partial charge >= 0.3 is 5.97 Å². The van der Waals surface area contributed by atoms with Gasteiger partial charge in [0.15, 0.2) is 0 Å². The van der Waals surface area contributed by atoms with Crippen LogP contribution in [0, 0.1) is 0 Å². The molecule has 0 fully saturated rings. The molecule has 5 nitrogen and oxygen atoms in total. The Bertz CT molecular complexity index is 597. The van der Waals surface area contributed by atoms with E-state index in [-0.39, 0.29) is 0 Å². The molecule has 2 N–H and O–H groups in total. The third kappa shape index (κ3) is 4.35.